The average Bonchev–Trinajstić information content (AvgIpc) is 2.26. The number of carboxylic acid groups (broad SMARTS) is 1. The predicted molar refractivity (Wildman–Crippen MR) is 70.6 cm³/mol. The number of hydrogen-bond acceptors (Lipinski definition) is 2. The quantitative estimate of drug-likeness (QED) is 0.843. The van der Waals surface area contributed by atoms with Crippen LogP contribution in [0.2, 0.25) is 0 Å². The molecule has 4 heteroatoms. The molecule has 0 aliphatic rings. The number of anilines is 1. The molecule has 2 N–H and O–H groups in total. The highest BCUT2D eigenvalue weighted by atomic mass is 16.4. The highest BCUT2D eigenvalue weighted by molar-refractivity contribution is 5.91. The number of carbonyl (C=O) groups is 2. The van der Waals surface area contributed by atoms with Crippen LogP contribution >= 0.6 is 0 Å². The molecule has 1 aromatic carbocycles. The summed E-state index contributed by atoms with van der Waals surface area (Å²) < 4.78 is 0. The lowest BCUT2D eigenvalue weighted by Crippen LogP contribution is -2.14. The number of benzene rings is 1. The second-order valence-corrected chi connectivity index (χ2v) is 4.83. The van der Waals surface area contributed by atoms with Crippen LogP contribution in [0.4, 0.5) is 5.69 Å². The Morgan fingerprint density at radius 2 is 1.94 bits per heavy atom. The van der Waals surface area contributed by atoms with Crippen molar-refractivity contribution in [3.8, 4) is 0 Å². The number of aliphatic carboxylic acids is 1. The lowest BCUT2D eigenvalue weighted by atomic mass is 10.0. The Morgan fingerprint density at radius 1 is 1.28 bits per heavy atom. The van der Waals surface area contributed by atoms with E-state index < -0.39 is 11.9 Å². The van der Waals surface area contributed by atoms with E-state index >= 15 is 0 Å². The normalized spacial score (nSPS) is 12.2. The Labute approximate surface area is 107 Å². The van der Waals surface area contributed by atoms with Crippen LogP contribution in [0, 0.1) is 5.92 Å². The number of amides is 1. The van der Waals surface area contributed by atoms with Crippen molar-refractivity contribution in [3.05, 3.63) is 29.8 Å². The fourth-order valence-electron chi connectivity index (χ4n) is 1.61. The van der Waals surface area contributed by atoms with Crippen molar-refractivity contribution < 1.29 is 14.7 Å². The van der Waals surface area contributed by atoms with E-state index in [0.717, 1.165) is 0 Å². The molecule has 0 bridgehead atoms. The van der Waals surface area contributed by atoms with Gasteiger partial charge in [0.1, 0.15) is 0 Å². The molecule has 0 fully saturated rings. The Kier molecular flexibility index (Phi) is 4.89. The summed E-state index contributed by atoms with van der Waals surface area (Å²) in [5.41, 5.74) is 1.33. The van der Waals surface area contributed by atoms with Crippen molar-refractivity contribution in [1.29, 1.82) is 0 Å². The zero-order valence-corrected chi connectivity index (χ0v) is 10.9. The average molecular weight is 249 g/mol. The van der Waals surface area contributed by atoms with E-state index in [4.69, 9.17) is 5.11 Å². The van der Waals surface area contributed by atoms with Gasteiger partial charge in [0.25, 0.3) is 0 Å². The summed E-state index contributed by atoms with van der Waals surface area (Å²) in [7, 11) is 0. The van der Waals surface area contributed by atoms with Crippen LogP contribution in [0.15, 0.2) is 24.3 Å². The molecule has 98 valence electrons. The fraction of sp³-hybridized carbons (Fsp3) is 0.429. The van der Waals surface area contributed by atoms with E-state index in [0.29, 0.717) is 23.6 Å². The molecular formula is C14H19NO3. The number of carboxylic acids is 1. The first kappa shape index (κ1) is 14.2. The maximum atomic E-state index is 11.6. The van der Waals surface area contributed by atoms with Crippen molar-refractivity contribution in [3.63, 3.8) is 0 Å². The monoisotopic (exact) mass is 249 g/mol. The molecule has 0 aliphatic heterocycles. The van der Waals surface area contributed by atoms with Crippen LogP contribution in [-0.2, 0) is 9.59 Å². The lowest BCUT2D eigenvalue weighted by Gasteiger charge is -2.10. The highest BCUT2D eigenvalue weighted by Crippen LogP contribution is 2.19. The summed E-state index contributed by atoms with van der Waals surface area (Å²) in [6, 6.07) is 6.96. The smallest absolute Gasteiger partial charge is 0.310 e. The summed E-state index contributed by atoms with van der Waals surface area (Å²) in [6.07, 6.45) is 0.457. The van der Waals surface area contributed by atoms with Gasteiger partial charge in [-0.15, -0.1) is 0 Å². The van der Waals surface area contributed by atoms with E-state index in [9.17, 15) is 9.59 Å². The van der Waals surface area contributed by atoms with E-state index in [1.54, 1.807) is 31.2 Å². The number of carbonyl (C=O) groups excluding carboxylic acids is 1. The number of rotatable bonds is 5. The zero-order chi connectivity index (χ0) is 13.7. The Balaban J connectivity index is 2.76. The molecule has 0 radical (unpaired) electrons. The zero-order valence-electron chi connectivity index (χ0n) is 10.9. The molecule has 1 aromatic rings. The minimum absolute atomic E-state index is 0.0508. The van der Waals surface area contributed by atoms with Crippen LogP contribution in [-0.4, -0.2) is 17.0 Å². The first-order chi connectivity index (χ1) is 8.40. The first-order valence-electron chi connectivity index (χ1n) is 6.02. The third kappa shape index (κ3) is 4.20. The Bertz CT molecular complexity index is 440. The van der Waals surface area contributed by atoms with Crippen molar-refractivity contribution in [2.24, 2.45) is 5.92 Å². The number of hydrogen-bond donors (Lipinski definition) is 2. The van der Waals surface area contributed by atoms with Crippen molar-refractivity contribution in [2.45, 2.75) is 33.1 Å². The van der Waals surface area contributed by atoms with Gasteiger partial charge in [-0.05, 0) is 30.5 Å². The van der Waals surface area contributed by atoms with E-state index in [1.807, 2.05) is 13.8 Å². The predicted octanol–water partition coefficient (Wildman–Crippen LogP) is 2.86. The molecule has 0 aliphatic carbocycles. The van der Waals surface area contributed by atoms with Gasteiger partial charge in [-0.3, -0.25) is 9.59 Å². The molecule has 0 spiro atoms. The van der Waals surface area contributed by atoms with E-state index in [2.05, 4.69) is 5.32 Å². The molecule has 4 nitrogen and oxygen atoms in total. The highest BCUT2D eigenvalue weighted by Gasteiger charge is 2.14. The summed E-state index contributed by atoms with van der Waals surface area (Å²) in [5, 5.41) is 11.7. The molecule has 0 aromatic heterocycles. The van der Waals surface area contributed by atoms with Gasteiger partial charge < -0.3 is 10.4 Å². The Morgan fingerprint density at radius 3 is 2.50 bits per heavy atom. The van der Waals surface area contributed by atoms with Gasteiger partial charge in [0, 0.05) is 12.1 Å². The molecule has 1 rings (SSSR count). The lowest BCUT2D eigenvalue weighted by molar-refractivity contribution is -0.138. The molecule has 1 unspecified atom stereocenters. The largest absolute Gasteiger partial charge is 0.481 e. The van der Waals surface area contributed by atoms with Crippen LogP contribution in [0.5, 0.6) is 0 Å². The minimum atomic E-state index is -0.874. The summed E-state index contributed by atoms with van der Waals surface area (Å²) in [5.74, 6) is -1.20. The molecule has 0 saturated heterocycles. The molecule has 1 amide bonds. The molecular weight excluding hydrogens is 230 g/mol. The number of nitrogens with one attached hydrogen (secondary N) is 1. The summed E-state index contributed by atoms with van der Waals surface area (Å²) >= 11 is 0. The van der Waals surface area contributed by atoms with Crippen LogP contribution in [0.3, 0.4) is 0 Å². The van der Waals surface area contributed by atoms with Gasteiger partial charge in [-0.1, -0.05) is 26.0 Å². The van der Waals surface area contributed by atoms with Crippen molar-refractivity contribution in [2.75, 3.05) is 5.32 Å². The second-order valence-electron chi connectivity index (χ2n) is 4.83. The third-order valence-corrected chi connectivity index (χ3v) is 2.63. The van der Waals surface area contributed by atoms with Gasteiger partial charge >= 0.3 is 5.97 Å². The van der Waals surface area contributed by atoms with Crippen molar-refractivity contribution >= 4 is 17.6 Å². The summed E-state index contributed by atoms with van der Waals surface area (Å²) in [6.45, 7) is 5.57. The molecule has 0 heterocycles. The minimum Gasteiger partial charge on any atom is -0.481 e. The summed E-state index contributed by atoms with van der Waals surface area (Å²) in [4.78, 5) is 22.5. The van der Waals surface area contributed by atoms with Gasteiger partial charge in [-0.2, -0.15) is 0 Å². The standard InChI is InChI=1S/C14H19NO3/c1-9(2)7-13(16)15-12-6-4-5-11(8-12)10(3)14(17)18/h4-6,8-10H,7H2,1-3H3,(H,15,16)(H,17,18). The van der Waals surface area contributed by atoms with Gasteiger partial charge in [0.05, 0.1) is 5.92 Å². The van der Waals surface area contributed by atoms with Gasteiger partial charge in [-0.25, -0.2) is 0 Å². The van der Waals surface area contributed by atoms with Crippen LogP contribution < -0.4 is 5.32 Å². The first-order valence-corrected chi connectivity index (χ1v) is 6.02. The topological polar surface area (TPSA) is 66.4 Å². The Hall–Kier alpha value is -1.84. The third-order valence-electron chi connectivity index (χ3n) is 2.63. The van der Waals surface area contributed by atoms with Crippen LogP contribution in [0.1, 0.15) is 38.7 Å². The van der Waals surface area contributed by atoms with Crippen LogP contribution in [0.25, 0.3) is 0 Å². The van der Waals surface area contributed by atoms with Gasteiger partial charge in [0.2, 0.25) is 5.91 Å². The SMILES string of the molecule is CC(C)CC(=O)Nc1cccc(C(C)C(=O)O)c1. The van der Waals surface area contributed by atoms with E-state index in [-0.39, 0.29) is 5.91 Å². The molecule has 18 heavy (non-hydrogen) atoms. The van der Waals surface area contributed by atoms with Crippen molar-refractivity contribution in [1.82, 2.24) is 0 Å². The van der Waals surface area contributed by atoms with Gasteiger partial charge in [0.15, 0.2) is 0 Å². The van der Waals surface area contributed by atoms with E-state index in [1.165, 1.54) is 0 Å². The second kappa shape index (κ2) is 6.19. The fourth-order valence-corrected chi connectivity index (χ4v) is 1.61. The maximum Gasteiger partial charge on any atom is 0.310 e. The molecule has 0 saturated carbocycles. The maximum absolute atomic E-state index is 11.6. The molecule has 1 atom stereocenters.